The lowest BCUT2D eigenvalue weighted by atomic mass is 10.00. The molecule has 0 amide bonds. The van der Waals surface area contributed by atoms with Gasteiger partial charge in [-0.15, -0.1) is 0 Å². The van der Waals surface area contributed by atoms with Gasteiger partial charge in [0.2, 0.25) is 0 Å². The van der Waals surface area contributed by atoms with E-state index in [-0.39, 0.29) is 12.4 Å². The highest BCUT2D eigenvalue weighted by molar-refractivity contribution is 5.89. The summed E-state index contributed by atoms with van der Waals surface area (Å²) < 4.78 is 18.4. The fourth-order valence-electron chi connectivity index (χ4n) is 2.85. The highest BCUT2D eigenvalue weighted by Crippen LogP contribution is 2.31. The summed E-state index contributed by atoms with van der Waals surface area (Å²) in [6.07, 6.45) is 2.46. The Morgan fingerprint density at radius 3 is 2.52 bits per heavy atom. The minimum absolute atomic E-state index is 0.0526. The van der Waals surface area contributed by atoms with Gasteiger partial charge in [-0.3, -0.25) is 4.98 Å². The zero-order valence-electron chi connectivity index (χ0n) is 13.1. The molecule has 1 aromatic heterocycles. The Morgan fingerprint density at radius 1 is 1.13 bits per heavy atom. The van der Waals surface area contributed by atoms with Crippen LogP contribution in [0.4, 0.5) is 4.39 Å². The van der Waals surface area contributed by atoms with Gasteiger partial charge in [0.15, 0.2) is 0 Å². The molecule has 3 rings (SSSR count). The van der Waals surface area contributed by atoms with Crippen LogP contribution in [0.2, 0.25) is 0 Å². The van der Waals surface area contributed by atoms with E-state index in [9.17, 15) is 9.50 Å². The molecule has 0 unspecified atom stereocenters. The molecular formula is C19H18FNO2. The van der Waals surface area contributed by atoms with Crippen molar-refractivity contribution in [3.8, 4) is 5.75 Å². The maximum Gasteiger partial charge on any atom is 0.148 e. The van der Waals surface area contributed by atoms with Crippen LogP contribution in [0, 0.1) is 12.7 Å². The molecule has 0 atom stereocenters. The summed E-state index contributed by atoms with van der Waals surface area (Å²) in [7, 11) is 1.62. The topological polar surface area (TPSA) is 42.4 Å². The molecule has 4 heteroatoms. The summed E-state index contributed by atoms with van der Waals surface area (Å²) >= 11 is 0. The first kappa shape index (κ1) is 15.4. The number of halogens is 1. The van der Waals surface area contributed by atoms with Crippen molar-refractivity contribution in [2.75, 3.05) is 7.11 Å². The molecule has 3 aromatic rings. The Morgan fingerprint density at radius 2 is 1.87 bits per heavy atom. The summed E-state index contributed by atoms with van der Waals surface area (Å²) in [4.78, 5) is 4.52. The second-order valence-corrected chi connectivity index (χ2v) is 5.59. The molecule has 0 saturated heterocycles. The Labute approximate surface area is 134 Å². The highest BCUT2D eigenvalue weighted by Gasteiger charge is 2.12. The van der Waals surface area contributed by atoms with E-state index in [1.54, 1.807) is 25.4 Å². The smallest absolute Gasteiger partial charge is 0.148 e. The fraction of sp³-hybridized carbons (Fsp3) is 0.211. The zero-order valence-corrected chi connectivity index (χ0v) is 13.1. The SMILES string of the molecule is COc1c(C)cc(CO)c2cc(Cc3ccc(F)cc3)cnc12. The van der Waals surface area contributed by atoms with Gasteiger partial charge in [0.05, 0.1) is 13.7 Å². The van der Waals surface area contributed by atoms with Crippen molar-refractivity contribution in [3.05, 3.63) is 70.7 Å². The highest BCUT2D eigenvalue weighted by atomic mass is 19.1. The van der Waals surface area contributed by atoms with E-state index in [4.69, 9.17) is 4.74 Å². The summed E-state index contributed by atoms with van der Waals surface area (Å²) in [6, 6.07) is 10.4. The number of aryl methyl sites for hydroxylation is 1. The summed E-state index contributed by atoms with van der Waals surface area (Å²) in [5.41, 5.74) is 4.54. The molecule has 1 N–H and O–H groups in total. The Bertz CT molecular complexity index is 844. The number of hydrogen-bond donors (Lipinski definition) is 1. The summed E-state index contributed by atoms with van der Waals surface area (Å²) in [6.45, 7) is 1.88. The molecular weight excluding hydrogens is 293 g/mol. The maximum atomic E-state index is 13.0. The molecule has 0 bridgehead atoms. The summed E-state index contributed by atoms with van der Waals surface area (Å²) in [5.74, 6) is 0.485. The molecule has 0 aliphatic rings. The number of aliphatic hydroxyl groups excluding tert-OH is 1. The van der Waals surface area contributed by atoms with Gasteiger partial charge in [-0.05, 0) is 59.9 Å². The number of methoxy groups -OCH3 is 1. The molecule has 0 saturated carbocycles. The number of benzene rings is 2. The second-order valence-electron chi connectivity index (χ2n) is 5.59. The number of nitrogens with zero attached hydrogens (tertiary/aromatic N) is 1. The number of ether oxygens (including phenoxy) is 1. The second kappa shape index (κ2) is 6.34. The zero-order chi connectivity index (χ0) is 16.4. The van der Waals surface area contributed by atoms with Crippen molar-refractivity contribution in [2.45, 2.75) is 20.0 Å². The number of aliphatic hydroxyl groups is 1. The monoisotopic (exact) mass is 311 g/mol. The number of aromatic nitrogens is 1. The van der Waals surface area contributed by atoms with Crippen LogP contribution in [0.25, 0.3) is 10.9 Å². The predicted octanol–water partition coefficient (Wildman–Crippen LogP) is 3.77. The van der Waals surface area contributed by atoms with Gasteiger partial charge < -0.3 is 9.84 Å². The van der Waals surface area contributed by atoms with E-state index in [0.717, 1.165) is 38.9 Å². The van der Waals surface area contributed by atoms with Crippen LogP contribution in [0.3, 0.4) is 0 Å². The molecule has 23 heavy (non-hydrogen) atoms. The van der Waals surface area contributed by atoms with Crippen LogP contribution in [0.1, 0.15) is 22.3 Å². The first-order chi connectivity index (χ1) is 11.1. The molecule has 118 valence electrons. The van der Waals surface area contributed by atoms with Crippen molar-refractivity contribution >= 4 is 10.9 Å². The lowest BCUT2D eigenvalue weighted by molar-refractivity contribution is 0.283. The molecule has 2 aromatic carbocycles. The van der Waals surface area contributed by atoms with Crippen LogP contribution >= 0.6 is 0 Å². The summed E-state index contributed by atoms with van der Waals surface area (Å²) in [5, 5.41) is 10.5. The first-order valence-corrected chi connectivity index (χ1v) is 7.42. The molecule has 1 heterocycles. The van der Waals surface area contributed by atoms with E-state index in [0.29, 0.717) is 6.42 Å². The Hall–Kier alpha value is -2.46. The normalized spacial score (nSPS) is 11.0. The van der Waals surface area contributed by atoms with Gasteiger partial charge in [0, 0.05) is 11.6 Å². The van der Waals surface area contributed by atoms with Gasteiger partial charge in [-0.2, -0.15) is 0 Å². The average molecular weight is 311 g/mol. The van der Waals surface area contributed by atoms with Gasteiger partial charge in [0.1, 0.15) is 17.1 Å². The quantitative estimate of drug-likeness (QED) is 0.797. The van der Waals surface area contributed by atoms with Crippen molar-refractivity contribution in [3.63, 3.8) is 0 Å². The minimum atomic E-state index is -0.242. The van der Waals surface area contributed by atoms with Crippen molar-refractivity contribution < 1.29 is 14.2 Å². The minimum Gasteiger partial charge on any atom is -0.494 e. The Kier molecular flexibility index (Phi) is 4.26. The van der Waals surface area contributed by atoms with Gasteiger partial charge in [-0.25, -0.2) is 4.39 Å². The third-order valence-corrected chi connectivity index (χ3v) is 3.95. The number of fused-ring (bicyclic) bond motifs is 1. The number of pyridine rings is 1. The molecule has 0 radical (unpaired) electrons. The third kappa shape index (κ3) is 3.03. The largest absolute Gasteiger partial charge is 0.494 e. The Balaban J connectivity index is 2.07. The molecule has 0 spiro atoms. The maximum absolute atomic E-state index is 13.0. The predicted molar refractivity (Wildman–Crippen MR) is 88.2 cm³/mol. The van der Waals surface area contributed by atoms with Crippen LogP contribution in [-0.4, -0.2) is 17.2 Å². The third-order valence-electron chi connectivity index (χ3n) is 3.95. The first-order valence-electron chi connectivity index (χ1n) is 7.42. The molecule has 0 fully saturated rings. The van der Waals surface area contributed by atoms with E-state index in [1.165, 1.54) is 12.1 Å². The van der Waals surface area contributed by atoms with Gasteiger partial charge in [-0.1, -0.05) is 12.1 Å². The van der Waals surface area contributed by atoms with Crippen molar-refractivity contribution in [1.29, 1.82) is 0 Å². The van der Waals surface area contributed by atoms with Gasteiger partial charge in [0.25, 0.3) is 0 Å². The average Bonchev–Trinajstić information content (AvgIpc) is 2.56. The van der Waals surface area contributed by atoms with Crippen molar-refractivity contribution in [1.82, 2.24) is 4.98 Å². The van der Waals surface area contributed by atoms with Crippen molar-refractivity contribution in [2.24, 2.45) is 0 Å². The number of rotatable bonds is 4. The number of hydrogen-bond acceptors (Lipinski definition) is 3. The molecule has 0 aliphatic carbocycles. The van der Waals surface area contributed by atoms with E-state index in [1.807, 2.05) is 19.1 Å². The standard InChI is InChI=1S/C19H18FNO2/c1-12-7-15(11-22)17-9-14(10-21-18(17)19(12)23-2)8-13-3-5-16(20)6-4-13/h3-7,9-10,22H,8,11H2,1-2H3. The van der Waals surface area contributed by atoms with Crippen LogP contribution in [-0.2, 0) is 13.0 Å². The lowest BCUT2D eigenvalue weighted by Crippen LogP contribution is -1.98. The van der Waals surface area contributed by atoms with E-state index < -0.39 is 0 Å². The van der Waals surface area contributed by atoms with Crippen LogP contribution in [0.5, 0.6) is 5.75 Å². The van der Waals surface area contributed by atoms with Crippen LogP contribution in [0.15, 0.2) is 42.6 Å². The van der Waals surface area contributed by atoms with Gasteiger partial charge >= 0.3 is 0 Å². The van der Waals surface area contributed by atoms with E-state index in [2.05, 4.69) is 4.98 Å². The molecule has 3 nitrogen and oxygen atoms in total. The molecule has 0 aliphatic heterocycles. The lowest BCUT2D eigenvalue weighted by Gasteiger charge is -2.13. The fourth-order valence-corrected chi connectivity index (χ4v) is 2.85. The van der Waals surface area contributed by atoms with Crippen LogP contribution < -0.4 is 4.74 Å². The van der Waals surface area contributed by atoms with E-state index >= 15 is 0 Å².